The summed E-state index contributed by atoms with van der Waals surface area (Å²) in [5, 5.41) is 13.6. The van der Waals surface area contributed by atoms with E-state index in [2.05, 4.69) is 10.3 Å². The lowest BCUT2D eigenvalue weighted by molar-refractivity contribution is -0.118. The fourth-order valence-corrected chi connectivity index (χ4v) is 4.04. The molecule has 0 aliphatic carbocycles. The Bertz CT molecular complexity index is 1340. The van der Waals surface area contributed by atoms with Crippen LogP contribution in [-0.2, 0) is 25.4 Å². The highest BCUT2D eigenvalue weighted by molar-refractivity contribution is 8.15. The Balaban J connectivity index is 1.89. The standard InChI is InChI=1S/C25H28N4O5S/c1-5-34-19-12-10-18(11-13-19)27-22(21-23(31)28(3)25(33)29(4)24(21)32)35-15-20(30)26-14-17-8-6-16(2)7-9-17/h6-13,31H,5,14-15H2,1-4H3,(H,26,30). The number of carbonyl (C=O) groups is 1. The van der Waals surface area contributed by atoms with Gasteiger partial charge in [0.1, 0.15) is 16.4 Å². The van der Waals surface area contributed by atoms with Gasteiger partial charge in [0.15, 0.2) is 0 Å². The summed E-state index contributed by atoms with van der Waals surface area (Å²) >= 11 is 0.999. The molecule has 2 N–H and O–H groups in total. The molecule has 0 aliphatic heterocycles. The number of aromatic hydroxyl groups is 1. The number of nitrogens with one attached hydrogen (secondary N) is 1. The molecule has 9 nitrogen and oxygen atoms in total. The van der Waals surface area contributed by atoms with Crippen LogP contribution in [-0.4, -0.2) is 37.6 Å². The highest BCUT2D eigenvalue weighted by Gasteiger charge is 2.21. The van der Waals surface area contributed by atoms with Crippen molar-refractivity contribution in [3.05, 3.63) is 86.1 Å². The number of amides is 1. The Labute approximate surface area is 207 Å². The number of thioether (sulfide) groups is 1. The zero-order valence-electron chi connectivity index (χ0n) is 20.1. The van der Waals surface area contributed by atoms with E-state index in [9.17, 15) is 19.5 Å². The monoisotopic (exact) mass is 496 g/mol. The van der Waals surface area contributed by atoms with Crippen LogP contribution in [0.4, 0.5) is 5.69 Å². The van der Waals surface area contributed by atoms with E-state index >= 15 is 0 Å². The van der Waals surface area contributed by atoms with Crippen molar-refractivity contribution in [2.24, 2.45) is 19.1 Å². The largest absolute Gasteiger partial charge is 0.494 e. The molecule has 3 aromatic rings. The Morgan fingerprint density at radius 2 is 1.71 bits per heavy atom. The number of rotatable bonds is 8. The van der Waals surface area contributed by atoms with Crippen LogP contribution in [0.1, 0.15) is 23.6 Å². The van der Waals surface area contributed by atoms with Crippen molar-refractivity contribution in [2.75, 3.05) is 12.4 Å². The maximum Gasteiger partial charge on any atom is 0.333 e. The van der Waals surface area contributed by atoms with Crippen LogP contribution in [0.5, 0.6) is 11.6 Å². The van der Waals surface area contributed by atoms with E-state index in [4.69, 9.17) is 4.74 Å². The molecule has 0 radical (unpaired) electrons. The molecule has 184 valence electrons. The molecular formula is C25H28N4O5S. The molecule has 0 saturated carbocycles. The third kappa shape index (κ3) is 6.42. The van der Waals surface area contributed by atoms with Crippen molar-refractivity contribution in [3.8, 4) is 11.6 Å². The summed E-state index contributed by atoms with van der Waals surface area (Å²) in [4.78, 5) is 42.1. The second-order valence-electron chi connectivity index (χ2n) is 7.80. The van der Waals surface area contributed by atoms with E-state index < -0.39 is 17.1 Å². The van der Waals surface area contributed by atoms with Crippen molar-refractivity contribution >= 4 is 28.4 Å². The minimum Gasteiger partial charge on any atom is -0.494 e. The number of aryl methyl sites for hydroxylation is 1. The summed E-state index contributed by atoms with van der Waals surface area (Å²) in [6.45, 7) is 4.74. The molecule has 1 amide bonds. The van der Waals surface area contributed by atoms with E-state index in [1.54, 1.807) is 24.3 Å². The van der Waals surface area contributed by atoms with Gasteiger partial charge in [-0.25, -0.2) is 9.79 Å². The van der Waals surface area contributed by atoms with E-state index in [-0.39, 0.29) is 22.3 Å². The molecule has 0 spiro atoms. The fourth-order valence-electron chi connectivity index (χ4n) is 3.17. The van der Waals surface area contributed by atoms with Crippen LogP contribution in [0.2, 0.25) is 0 Å². The van der Waals surface area contributed by atoms with Crippen LogP contribution < -0.4 is 21.3 Å². The van der Waals surface area contributed by atoms with Crippen LogP contribution in [0.3, 0.4) is 0 Å². The van der Waals surface area contributed by atoms with E-state index in [1.807, 2.05) is 38.1 Å². The van der Waals surface area contributed by atoms with Gasteiger partial charge in [0.05, 0.1) is 18.0 Å². The van der Waals surface area contributed by atoms with Gasteiger partial charge in [0.2, 0.25) is 11.8 Å². The van der Waals surface area contributed by atoms with E-state index in [0.29, 0.717) is 24.6 Å². The summed E-state index contributed by atoms with van der Waals surface area (Å²) in [6.07, 6.45) is 0. The van der Waals surface area contributed by atoms with Crippen molar-refractivity contribution in [1.29, 1.82) is 0 Å². The first kappa shape index (κ1) is 25.8. The van der Waals surface area contributed by atoms with Crippen LogP contribution >= 0.6 is 11.8 Å². The van der Waals surface area contributed by atoms with Gasteiger partial charge < -0.3 is 15.2 Å². The number of benzene rings is 2. The summed E-state index contributed by atoms with van der Waals surface area (Å²) in [6, 6.07) is 14.7. The van der Waals surface area contributed by atoms with Gasteiger partial charge in [-0.1, -0.05) is 41.6 Å². The number of nitrogens with zero attached hydrogens (tertiary/aromatic N) is 3. The van der Waals surface area contributed by atoms with Gasteiger partial charge in [-0.05, 0) is 43.7 Å². The maximum absolute atomic E-state index is 12.9. The molecule has 35 heavy (non-hydrogen) atoms. The number of carbonyl (C=O) groups excluding carboxylic acids is 1. The fraction of sp³-hybridized carbons (Fsp3) is 0.280. The number of aromatic nitrogens is 2. The summed E-state index contributed by atoms with van der Waals surface area (Å²) in [5.74, 6) is -0.170. The van der Waals surface area contributed by atoms with Gasteiger partial charge in [0, 0.05) is 20.6 Å². The third-order valence-corrected chi connectivity index (χ3v) is 6.15. The zero-order valence-corrected chi connectivity index (χ0v) is 20.9. The van der Waals surface area contributed by atoms with Crippen LogP contribution in [0.15, 0.2) is 63.1 Å². The molecule has 3 rings (SSSR count). The van der Waals surface area contributed by atoms with Gasteiger partial charge in [-0.2, -0.15) is 0 Å². The minimum absolute atomic E-state index is 0.0485. The highest BCUT2D eigenvalue weighted by Crippen LogP contribution is 2.24. The van der Waals surface area contributed by atoms with Crippen molar-refractivity contribution in [3.63, 3.8) is 0 Å². The predicted octanol–water partition coefficient (Wildman–Crippen LogP) is 2.62. The van der Waals surface area contributed by atoms with E-state index in [0.717, 1.165) is 32.0 Å². The Morgan fingerprint density at radius 1 is 1.06 bits per heavy atom. The molecule has 0 unspecified atom stereocenters. The second-order valence-corrected chi connectivity index (χ2v) is 8.76. The lowest BCUT2D eigenvalue weighted by atomic mass is 10.1. The van der Waals surface area contributed by atoms with Gasteiger partial charge >= 0.3 is 5.69 Å². The van der Waals surface area contributed by atoms with Crippen LogP contribution in [0.25, 0.3) is 0 Å². The maximum atomic E-state index is 12.9. The molecule has 2 aromatic carbocycles. The Kier molecular flexibility index (Phi) is 8.53. The summed E-state index contributed by atoms with van der Waals surface area (Å²) < 4.78 is 7.29. The first-order chi connectivity index (χ1) is 16.7. The first-order valence-corrected chi connectivity index (χ1v) is 12.0. The molecule has 0 bridgehead atoms. The number of hydrogen-bond donors (Lipinski definition) is 2. The molecule has 1 aromatic heterocycles. The third-order valence-electron chi connectivity index (χ3n) is 5.18. The summed E-state index contributed by atoms with van der Waals surface area (Å²) in [7, 11) is 2.68. The topological polar surface area (TPSA) is 115 Å². The molecule has 10 heteroatoms. The number of hydrogen-bond acceptors (Lipinski definition) is 7. The summed E-state index contributed by atoms with van der Waals surface area (Å²) in [5.41, 5.74) is 1.05. The van der Waals surface area contributed by atoms with Crippen molar-refractivity contribution in [2.45, 2.75) is 20.4 Å². The minimum atomic E-state index is -0.706. The van der Waals surface area contributed by atoms with Crippen molar-refractivity contribution < 1.29 is 14.6 Å². The zero-order chi connectivity index (χ0) is 25.5. The Morgan fingerprint density at radius 3 is 2.34 bits per heavy atom. The Hall–Kier alpha value is -3.79. The average Bonchev–Trinajstić information content (AvgIpc) is 2.85. The lowest BCUT2D eigenvalue weighted by Gasteiger charge is -2.13. The average molecular weight is 497 g/mol. The van der Waals surface area contributed by atoms with Crippen molar-refractivity contribution in [1.82, 2.24) is 14.5 Å². The molecular weight excluding hydrogens is 468 g/mol. The number of aliphatic imine (C=N–C) groups is 1. The smallest absolute Gasteiger partial charge is 0.333 e. The highest BCUT2D eigenvalue weighted by atomic mass is 32.2. The quantitative estimate of drug-likeness (QED) is 0.366. The predicted molar refractivity (Wildman–Crippen MR) is 138 cm³/mol. The van der Waals surface area contributed by atoms with Gasteiger partial charge in [-0.3, -0.25) is 18.7 Å². The van der Waals surface area contributed by atoms with Gasteiger partial charge in [0.25, 0.3) is 5.56 Å². The SMILES string of the molecule is CCOc1ccc(N=C(SCC(=O)NCc2ccc(C)cc2)c2c(O)n(C)c(=O)n(C)c2=O)cc1. The first-order valence-electron chi connectivity index (χ1n) is 11.0. The lowest BCUT2D eigenvalue weighted by Crippen LogP contribution is -2.39. The number of ether oxygens (including phenoxy) is 1. The second kappa shape index (κ2) is 11.6. The molecule has 0 saturated heterocycles. The molecule has 0 atom stereocenters. The molecule has 1 heterocycles. The van der Waals surface area contributed by atoms with E-state index in [1.165, 1.54) is 14.1 Å². The van der Waals surface area contributed by atoms with Gasteiger partial charge in [-0.15, -0.1) is 0 Å². The van der Waals surface area contributed by atoms with Crippen LogP contribution in [0, 0.1) is 6.92 Å². The normalized spacial score (nSPS) is 11.4. The molecule has 0 fully saturated rings. The molecule has 0 aliphatic rings.